The highest BCUT2D eigenvalue weighted by Crippen LogP contribution is 2.28. The maximum atomic E-state index is 12.4. The summed E-state index contributed by atoms with van der Waals surface area (Å²) in [6.45, 7) is 0. The van der Waals surface area contributed by atoms with Crippen molar-refractivity contribution >= 4 is 5.97 Å². The second-order valence-electron chi connectivity index (χ2n) is 2.42. The van der Waals surface area contributed by atoms with Crippen molar-refractivity contribution in [3.05, 3.63) is 23.5 Å². The van der Waals surface area contributed by atoms with E-state index in [0.717, 1.165) is 12.3 Å². The number of hydrogen-bond acceptors (Lipinski definition) is 3. The molecule has 0 aromatic carbocycles. The van der Waals surface area contributed by atoms with E-state index in [-0.39, 0.29) is 5.75 Å². The van der Waals surface area contributed by atoms with Crippen molar-refractivity contribution in [1.29, 1.82) is 0 Å². The number of hydrogen-bond donors (Lipinski definition) is 1. The van der Waals surface area contributed by atoms with Crippen LogP contribution >= 0.6 is 0 Å². The third-order valence-electron chi connectivity index (χ3n) is 1.57. The SMILES string of the molecule is COc1cnc(C(=O)O)cc1C(F)F. The van der Waals surface area contributed by atoms with E-state index in [2.05, 4.69) is 9.72 Å². The summed E-state index contributed by atoms with van der Waals surface area (Å²) in [7, 11) is 1.21. The topological polar surface area (TPSA) is 59.4 Å². The van der Waals surface area contributed by atoms with Gasteiger partial charge in [0.05, 0.1) is 18.9 Å². The van der Waals surface area contributed by atoms with Crippen LogP contribution < -0.4 is 4.74 Å². The van der Waals surface area contributed by atoms with Crippen LogP contribution in [0.25, 0.3) is 0 Å². The Morgan fingerprint density at radius 2 is 2.29 bits per heavy atom. The molecule has 76 valence electrons. The lowest BCUT2D eigenvalue weighted by atomic mass is 10.2. The highest BCUT2D eigenvalue weighted by atomic mass is 19.3. The van der Waals surface area contributed by atoms with Crippen LogP contribution in [0.5, 0.6) is 5.75 Å². The minimum absolute atomic E-state index is 0.120. The number of carboxylic acids is 1. The number of methoxy groups -OCH3 is 1. The second kappa shape index (κ2) is 3.99. The summed E-state index contributed by atoms with van der Waals surface area (Å²) in [6, 6.07) is 0.797. The Morgan fingerprint density at radius 3 is 2.71 bits per heavy atom. The summed E-state index contributed by atoms with van der Waals surface area (Å²) in [6.07, 6.45) is -1.82. The molecule has 0 aliphatic rings. The Morgan fingerprint density at radius 1 is 1.64 bits per heavy atom. The average Bonchev–Trinajstić information content (AvgIpc) is 2.16. The first-order valence-electron chi connectivity index (χ1n) is 3.61. The van der Waals surface area contributed by atoms with Gasteiger partial charge in [-0.05, 0) is 6.07 Å². The first-order valence-corrected chi connectivity index (χ1v) is 3.61. The molecule has 6 heteroatoms. The van der Waals surface area contributed by atoms with Gasteiger partial charge in [0.15, 0.2) is 0 Å². The zero-order valence-corrected chi connectivity index (χ0v) is 7.20. The molecule has 1 aromatic heterocycles. The lowest BCUT2D eigenvalue weighted by Gasteiger charge is -2.07. The summed E-state index contributed by atoms with van der Waals surface area (Å²) < 4.78 is 29.3. The van der Waals surface area contributed by atoms with Gasteiger partial charge in [0.25, 0.3) is 6.43 Å². The Hall–Kier alpha value is -1.72. The van der Waals surface area contributed by atoms with Gasteiger partial charge in [0.1, 0.15) is 11.4 Å². The number of ether oxygens (including phenoxy) is 1. The molecule has 1 rings (SSSR count). The van der Waals surface area contributed by atoms with E-state index in [4.69, 9.17) is 5.11 Å². The van der Waals surface area contributed by atoms with Gasteiger partial charge in [-0.15, -0.1) is 0 Å². The number of rotatable bonds is 3. The minimum atomic E-state index is -2.79. The van der Waals surface area contributed by atoms with E-state index in [9.17, 15) is 13.6 Å². The van der Waals surface area contributed by atoms with E-state index < -0.39 is 23.7 Å². The monoisotopic (exact) mass is 203 g/mol. The van der Waals surface area contributed by atoms with Gasteiger partial charge in [0, 0.05) is 0 Å². The van der Waals surface area contributed by atoms with Gasteiger partial charge in [-0.3, -0.25) is 0 Å². The molecule has 0 saturated carbocycles. The Bertz CT molecular complexity index is 354. The molecule has 0 aliphatic heterocycles. The van der Waals surface area contributed by atoms with Crippen LogP contribution in [-0.2, 0) is 0 Å². The highest BCUT2D eigenvalue weighted by molar-refractivity contribution is 5.85. The molecule has 1 aromatic rings. The summed E-state index contributed by atoms with van der Waals surface area (Å²) in [5, 5.41) is 8.51. The summed E-state index contributed by atoms with van der Waals surface area (Å²) >= 11 is 0. The number of aromatic nitrogens is 1. The molecule has 0 amide bonds. The number of carbonyl (C=O) groups is 1. The van der Waals surface area contributed by atoms with Crippen molar-refractivity contribution < 1.29 is 23.4 Å². The second-order valence-corrected chi connectivity index (χ2v) is 2.42. The molecule has 14 heavy (non-hydrogen) atoms. The van der Waals surface area contributed by atoms with Crippen LogP contribution in [0.1, 0.15) is 22.5 Å². The van der Waals surface area contributed by atoms with Gasteiger partial charge >= 0.3 is 5.97 Å². The van der Waals surface area contributed by atoms with E-state index in [1.807, 2.05) is 0 Å². The Balaban J connectivity index is 3.20. The standard InChI is InChI=1S/C8H7F2NO3/c1-14-6-3-11-5(8(12)13)2-4(6)7(9)10/h2-3,7H,1H3,(H,12,13). The molecule has 0 saturated heterocycles. The number of nitrogens with zero attached hydrogens (tertiary/aromatic N) is 1. The van der Waals surface area contributed by atoms with Crippen LogP contribution in [-0.4, -0.2) is 23.2 Å². The lowest BCUT2D eigenvalue weighted by molar-refractivity contribution is 0.0689. The first-order chi connectivity index (χ1) is 6.56. The third kappa shape index (κ3) is 1.95. The molecule has 0 spiro atoms. The van der Waals surface area contributed by atoms with Crippen LogP contribution in [0.3, 0.4) is 0 Å². The van der Waals surface area contributed by atoms with E-state index in [0.29, 0.717) is 0 Å². The van der Waals surface area contributed by atoms with Crippen LogP contribution in [0, 0.1) is 0 Å². The van der Waals surface area contributed by atoms with Gasteiger partial charge in [0.2, 0.25) is 0 Å². The molecule has 0 bridgehead atoms. The predicted octanol–water partition coefficient (Wildman–Crippen LogP) is 1.73. The largest absolute Gasteiger partial charge is 0.495 e. The molecule has 1 N–H and O–H groups in total. The zero-order valence-electron chi connectivity index (χ0n) is 7.20. The van der Waals surface area contributed by atoms with Crippen molar-refractivity contribution in [2.45, 2.75) is 6.43 Å². The molecule has 4 nitrogen and oxygen atoms in total. The van der Waals surface area contributed by atoms with E-state index >= 15 is 0 Å². The maximum absolute atomic E-state index is 12.4. The summed E-state index contributed by atoms with van der Waals surface area (Å²) in [4.78, 5) is 13.9. The molecule has 1 heterocycles. The van der Waals surface area contributed by atoms with Crippen LogP contribution in [0.2, 0.25) is 0 Å². The van der Waals surface area contributed by atoms with Crippen LogP contribution in [0.15, 0.2) is 12.3 Å². The van der Waals surface area contributed by atoms with Crippen molar-refractivity contribution in [2.24, 2.45) is 0 Å². The Labute approximate surface area is 78.1 Å². The van der Waals surface area contributed by atoms with Crippen molar-refractivity contribution in [1.82, 2.24) is 4.98 Å². The smallest absolute Gasteiger partial charge is 0.354 e. The van der Waals surface area contributed by atoms with E-state index in [1.165, 1.54) is 7.11 Å². The quantitative estimate of drug-likeness (QED) is 0.812. The molecular weight excluding hydrogens is 196 g/mol. The third-order valence-corrected chi connectivity index (χ3v) is 1.57. The normalized spacial score (nSPS) is 10.3. The van der Waals surface area contributed by atoms with Crippen molar-refractivity contribution in [2.75, 3.05) is 7.11 Å². The number of carboxylic acid groups (broad SMARTS) is 1. The average molecular weight is 203 g/mol. The molecule has 0 fully saturated rings. The summed E-state index contributed by atoms with van der Waals surface area (Å²) in [5.41, 5.74) is -0.902. The molecular formula is C8H7F2NO3. The Kier molecular flexibility index (Phi) is 2.95. The maximum Gasteiger partial charge on any atom is 0.354 e. The van der Waals surface area contributed by atoms with Crippen molar-refractivity contribution in [3.8, 4) is 5.75 Å². The summed E-state index contributed by atoms with van der Waals surface area (Å²) in [5.74, 6) is -1.47. The number of halogens is 2. The fourth-order valence-corrected chi connectivity index (χ4v) is 0.916. The van der Waals surface area contributed by atoms with Gasteiger partial charge in [-0.1, -0.05) is 0 Å². The van der Waals surface area contributed by atoms with Gasteiger partial charge in [-0.2, -0.15) is 0 Å². The number of aromatic carboxylic acids is 1. The zero-order chi connectivity index (χ0) is 10.7. The molecule has 0 unspecified atom stereocenters. The molecule has 0 radical (unpaired) electrons. The minimum Gasteiger partial charge on any atom is -0.495 e. The number of alkyl halides is 2. The lowest BCUT2D eigenvalue weighted by Crippen LogP contribution is -2.03. The molecule has 0 atom stereocenters. The van der Waals surface area contributed by atoms with Crippen LogP contribution in [0.4, 0.5) is 8.78 Å². The van der Waals surface area contributed by atoms with Crippen molar-refractivity contribution in [3.63, 3.8) is 0 Å². The highest BCUT2D eigenvalue weighted by Gasteiger charge is 2.17. The van der Waals surface area contributed by atoms with Gasteiger partial charge < -0.3 is 9.84 Å². The fourth-order valence-electron chi connectivity index (χ4n) is 0.916. The first kappa shape index (κ1) is 10.4. The number of pyridine rings is 1. The molecule has 0 aliphatic carbocycles. The fraction of sp³-hybridized carbons (Fsp3) is 0.250. The van der Waals surface area contributed by atoms with Gasteiger partial charge in [-0.25, -0.2) is 18.6 Å². The van der Waals surface area contributed by atoms with E-state index in [1.54, 1.807) is 0 Å². The predicted molar refractivity (Wildman–Crippen MR) is 42.7 cm³/mol.